The van der Waals surface area contributed by atoms with Gasteiger partial charge < -0.3 is 38.5 Å². The molecule has 0 aromatic rings. The molecular weight excluding hydrogens is 852 g/mol. The molecule has 0 spiro atoms. The zero-order valence-electron chi connectivity index (χ0n) is 34.8. The highest BCUT2D eigenvalue weighted by molar-refractivity contribution is 7.48. The molecule has 0 saturated carbocycles. The van der Waals surface area contributed by atoms with E-state index in [-0.39, 0.29) is 43.3 Å². The van der Waals surface area contributed by atoms with Crippen LogP contribution in [-0.4, -0.2) is 118 Å². The highest BCUT2D eigenvalue weighted by Crippen LogP contribution is 2.54. The van der Waals surface area contributed by atoms with E-state index in [0.717, 1.165) is 12.5 Å². The Hall–Kier alpha value is 0.0200. The Labute approximate surface area is 341 Å². The Morgan fingerprint density at radius 3 is 1.48 bits per heavy atom. The van der Waals surface area contributed by atoms with Gasteiger partial charge in [0.25, 0.3) is 0 Å². The standard InChI is InChI=1S/C34H64O20P4/c1-12-25(50-58(41,42)52-27-15-22(4)48-31(27)19-45-57(39,40)54-34(9,10)11)32-28(16-23(5)49-32)53-56(37,38)44-18-30-26(14-21(3)47-30)51-55(35,36)43-17-29-24(33(6,7)8)13-20(2)46-29/h12,20-32H,1,13-19H2,2-11H3,(H,35,36)(H,37,38)(H,39,40)(H,41,42)/t20-,21-,22-,23-,24+,25?,26+,27+,28+,29+,30+,31+,32+/m0/s1. The fourth-order valence-corrected chi connectivity index (χ4v) is 11.6. The zero-order valence-corrected chi connectivity index (χ0v) is 38.4. The molecule has 17 atom stereocenters. The fraction of sp³-hybridized carbons (Fsp3) is 0.941. The van der Waals surface area contributed by atoms with Crippen molar-refractivity contribution in [3.05, 3.63) is 12.7 Å². The van der Waals surface area contributed by atoms with Crippen molar-refractivity contribution in [3.8, 4) is 0 Å². The van der Waals surface area contributed by atoms with E-state index in [0.29, 0.717) is 0 Å². The Morgan fingerprint density at radius 2 is 1.00 bits per heavy atom. The normalized spacial score (nSPS) is 38.2. The molecule has 4 heterocycles. The average Bonchev–Trinajstić information content (AvgIpc) is 3.80. The van der Waals surface area contributed by atoms with Crippen LogP contribution in [0.1, 0.15) is 94.9 Å². The molecule has 4 aliphatic rings. The van der Waals surface area contributed by atoms with Crippen molar-refractivity contribution in [1.29, 1.82) is 0 Å². The predicted octanol–water partition coefficient (Wildman–Crippen LogP) is 6.35. The van der Waals surface area contributed by atoms with Crippen LogP contribution in [0.25, 0.3) is 0 Å². The van der Waals surface area contributed by atoms with Gasteiger partial charge in [0.1, 0.15) is 42.7 Å². The number of phosphoric acid groups is 4. The van der Waals surface area contributed by atoms with Gasteiger partial charge in [-0.2, -0.15) is 0 Å². The van der Waals surface area contributed by atoms with Gasteiger partial charge in [-0.05, 0) is 66.2 Å². The van der Waals surface area contributed by atoms with E-state index in [1.165, 1.54) is 0 Å². The van der Waals surface area contributed by atoms with Crippen LogP contribution in [0.5, 0.6) is 0 Å². The first-order chi connectivity index (χ1) is 26.5. The largest absolute Gasteiger partial charge is 0.473 e. The monoisotopic (exact) mass is 916 g/mol. The van der Waals surface area contributed by atoms with Crippen LogP contribution in [-0.2, 0) is 73.4 Å². The molecule has 0 amide bonds. The number of hydrogen-bond donors (Lipinski definition) is 4. The Balaban J connectivity index is 1.33. The molecule has 24 heteroatoms. The summed E-state index contributed by atoms with van der Waals surface area (Å²) in [6.45, 7) is 20.2. The number of phosphoric ester groups is 4. The van der Waals surface area contributed by atoms with E-state index in [1.807, 2.05) is 6.92 Å². The van der Waals surface area contributed by atoms with Crippen LogP contribution in [0, 0.1) is 11.3 Å². The summed E-state index contributed by atoms with van der Waals surface area (Å²) in [5, 5.41) is 0. The molecule has 20 nitrogen and oxygen atoms in total. The molecule has 0 aliphatic carbocycles. The summed E-state index contributed by atoms with van der Waals surface area (Å²) in [6.07, 6.45) is -7.88. The molecule has 0 aromatic heterocycles. The third-order valence-corrected chi connectivity index (χ3v) is 14.2. The van der Waals surface area contributed by atoms with Crippen LogP contribution >= 0.6 is 31.3 Å². The Kier molecular flexibility index (Phi) is 17.3. The second kappa shape index (κ2) is 19.8. The van der Waals surface area contributed by atoms with Gasteiger partial charge in [0.05, 0.1) is 55.9 Å². The molecule has 0 aromatic carbocycles. The van der Waals surface area contributed by atoms with Crippen molar-refractivity contribution < 1.29 is 93.0 Å². The lowest BCUT2D eigenvalue weighted by atomic mass is 9.76. The summed E-state index contributed by atoms with van der Waals surface area (Å²) in [6, 6.07) is 0. The number of ether oxygens (including phenoxy) is 4. The van der Waals surface area contributed by atoms with Crippen LogP contribution < -0.4 is 0 Å². The summed E-state index contributed by atoms with van der Waals surface area (Å²) in [5.74, 6) is 0.0839. The van der Waals surface area contributed by atoms with Crippen molar-refractivity contribution in [2.24, 2.45) is 11.3 Å². The third kappa shape index (κ3) is 15.7. The molecule has 4 fully saturated rings. The maximum absolute atomic E-state index is 13.3. The minimum Gasteiger partial charge on any atom is -0.373 e. The van der Waals surface area contributed by atoms with Crippen LogP contribution in [0.2, 0.25) is 0 Å². The molecule has 0 radical (unpaired) electrons. The van der Waals surface area contributed by atoms with Gasteiger partial charge in [-0.25, -0.2) is 18.3 Å². The molecule has 5 unspecified atom stereocenters. The molecule has 58 heavy (non-hydrogen) atoms. The van der Waals surface area contributed by atoms with E-state index in [1.54, 1.807) is 41.5 Å². The van der Waals surface area contributed by atoms with Crippen molar-refractivity contribution in [2.45, 2.75) is 174 Å². The average molecular weight is 917 g/mol. The van der Waals surface area contributed by atoms with Gasteiger partial charge in [0.15, 0.2) is 0 Å². The number of rotatable bonds is 20. The van der Waals surface area contributed by atoms with Crippen molar-refractivity contribution >= 4 is 31.3 Å². The van der Waals surface area contributed by atoms with Crippen LogP contribution in [0.3, 0.4) is 0 Å². The van der Waals surface area contributed by atoms with E-state index in [4.69, 9.17) is 55.1 Å². The summed E-state index contributed by atoms with van der Waals surface area (Å²) >= 11 is 0. The molecular formula is C34H64O20P4. The van der Waals surface area contributed by atoms with Gasteiger partial charge in [-0.3, -0.25) is 36.2 Å². The van der Waals surface area contributed by atoms with Gasteiger partial charge in [-0.1, -0.05) is 26.8 Å². The molecule has 4 saturated heterocycles. The van der Waals surface area contributed by atoms with E-state index >= 15 is 0 Å². The van der Waals surface area contributed by atoms with Gasteiger partial charge in [0.2, 0.25) is 0 Å². The maximum Gasteiger partial charge on any atom is 0.473 e. The molecule has 4 N–H and O–H groups in total. The van der Waals surface area contributed by atoms with Crippen LogP contribution in [0.4, 0.5) is 0 Å². The minimum atomic E-state index is -4.97. The summed E-state index contributed by atoms with van der Waals surface area (Å²) in [5.41, 5.74) is -1.13. The molecule has 0 bridgehead atoms. The lowest BCUT2D eigenvalue weighted by molar-refractivity contribution is -0.0583. The number of hydrogen-bond acceptors (Lipinski definition) is 16. The second-order valence-electron chi connectivity index (χ2n) is 17.5. The van der Waals surface area contributed by atoms with Crippen LogP contribution in [0.15, 0.2) is 12.7 Å². The lowest BCUT2D eigenvalue weighted by Gasteiger charge is -2.31. The molecule has 4 rings (SSSR count). The van der Waals surface area contributed by atoms with Gasteiger partial charge in [0, 0.05) is 19.3 Å². The first-order valence-electron chi connectivity index (χ1n) is 19.4. The Bertz CT molecular complexity index is 1570. The van der Waals surface area contributed by atoms with E-state index in [9.17, 15) is 37.8 Å². The van der Waals surface area contributed by atoms with Gasteiger partial charge in [-0.15, -0.1) is 6.58 Å². The second-order valence-corrected chi connectivity index (χ2v) is 23.0. The molecule has 4 aliphatic heterocycles. The first kappa shape index (κ1) is 50.7. The van der Waals surface area contributed by atoms with Crippen molar-refractivity contribution in [1.82, 2.24) is 0 Å². The first-order valence-corrected chi connectivity index (χ1v) is 25.4. The summed E-state index contributed by atoms with van der Waals surface area (Å²) < 4.78 is 118. The maximum atomic E-state index is 13.3. The van der Waals surface area contributed by atoms with E-state index < -0.39 is 117 Å². The minimum absolute atomic E-state index is 0.0398. The summed E-state index contributed by atoms with van der Waals surface area (Å²) in [4.78, 5) is 42.3. The highest BCUT2D eigenvalue weighted by atomic mass is 31.2. The topological polar surface area (TPSA) is 260 Å². The third-order valence-electron chi connectivity index (χ3n) is 9.86. The molecule has 340 valence electrons. The quantitative estimate of drug-likeness (QED) is 0.0766. The van der Waals surface area contributed by atoms with Crippen molar-refractivity contribution in [2.75, 3.05) is 19.8 Å². The summed E-state index contributed by atoms with van der Waals surface area (Å²) in [7, 11) is -19.0. The van der Waals surface area contributed by atoms with Gasteiger partial charge >= 0.3 is 31.3 Å². The lowest BCUT2D eigenvalue weighted by Crippen LogP contribution is -2.37. The predicted molar refractivity (Wildman–Crippen MR) is 206 cm³/mol. The SMILES string of the molecule is C=CC(OP(=O)(O)O[C@@H]1C[C@H](C)O[C@@H]1COP(=O)(O)OC(C)(C)C)[C@H]1O[C@@H](C)C[C@H]1OP(=O)(O)OC[C@H]1O[C@@H](C)C[C@H]1OP(=O)(O)OC[C@H]1O[C@@H](C)C[C@H]1C(C)(C)C. The smallest absolute Gasteiger partial charge is 0.373 e. The van der Waals surface area contributed by atoms with E-state index in [2.05, 4.69) is 27.4 Å². The van der Waals surface area contributed by atoms with Crippen molar-refractivity contribution in [3.63, 3.8) is 0 Å². The Morgan fingerprint density at radius 1 is 0.603 bits per heavy atom. The highest BCUT2D eigenvalue weighted by Gasteiger charge is 2.49. The zero-order chi connectivity index (χ0) is 43.6. The fourth-order valence-electron chi connectivity index (χ4n) is 7.51.